The summed E-state index contributed by atoms with van der Waals surface area (Å²) in [5.74, 6) is 1.42. The fraction of sp³-hybridized carbons (Fsp3) is 0.450. The van der Waals surface area contributed by atoms with Crippen molar-refractivity contribution in [2.24, 2.45) is 5.92 Å². The molecule has 0 aliphatic carbocycles. The number of nitrogens with one attached hydrogen (secondary N) is 1. The molecule has 1 aliphatic rings. The molecule has 1 saturated heterocycles. The van der Waals surface area contributed by atoms with E-state index >= 15 is 0 Å². The zero-order valence-electron chi connectivity index (χ0n) is 15.0. The molecule has 1 fully saturated rings. The van der Waals surface area contributed by atoms with E-state index in [2.05, 4.69) is 50.5 Å². The van der Waals surface area contributed by atoms with Gasteiger partial charge >= 0.3 is 0 Å². The van der Waals surface area contributed by atoms with Crippen molar-refractivity contribution in [3.8, 4) is 0 Å². The first-order valence-corrected chi connectivity index (χ1v) is 9.03. The number of anilines is 1. The van der Waals surface area contributed by atoms with Crippen molar-refractivity contribution in [1.29, 1.82) is 0 Å². The first-order chi connectivity index (χ1) is 12.1. The highest BCUT2D eigenvalue weighted by Gasteiger charge is 2.21. The Morgan fingerprint density at radius 2 is 1.92 bits per heavy atom. The van der Waals surface area contributed by atoms with Gasteiger partial charge in [0.25, 0.3) is 5.91 Å². The molecule has 1 aromatic carbocycles. The average molecular weight is 338 g/mol. The molecule has 3 rings (SSSR count). The van der Waals surface area contributed by atoms with Gasteiger partial charge in [-0.05, 0) is 44.6 Å². The summed E-state index contributed by atoms with van der Waals surface area (Å²) in [6.07, 6.45) is 4.92. The predicted octanol–water partition coefficient (Wildman–Crippen LogP) is 3.07. The van der Waals surface area contributed by atoms with Gasteiger partial charge in [-0.25, -0.2) is 9.97 Å². The van der Waals surface area contributed by atoms with Crippen LogP contribution in [0.1, 0.15) is 42.7 Å². The van der Waals surface area contributed by atoms with Crippen molar-refractivity contribution in [2.75, 3.05) is 18.0 Å². The van der Waals surface area contributed by atoms with Crippen LogP contribution in [0.15, 0.2) is 42.7 Å². The van der Waals surface area contributed by atoms with Gasteiger partial charge < -0.3 is 10.2 Å². The Bertz CT molecular complexity index is 694. The molecule has 2 aromatic rings. The third-order valence-electron chi connectivity index (χ3n) is 4.61. The number of rotatable bonds is 5. The molecule has 2 heterocycles. The quantitative estimate of drug-likeness (QED) is 0.910. The van der Waals surface area contributed by atoms with E-state index in [0.717, 1.165) is 38.2 Å². The fourth-order valence-corrected chi connectivity index (χ4v) is 3.29. The summed E-state index contributed by atoms with van der Waals surface area (Å²) in [5.41, 5.74) is 1.85. The standard InChI is InChI=1S/C20H26N4O/c1-15(2)23-20(25)18-13-19(22-14-21-18)24-10-8-17(9-11-24)12-16-6-4-3-5-7-16/h3-7,13-15,17H,8-12H2,1-2H3,(H,23,25). The topological polar surface area (TPSA) is 58.1 Å². The van der Waals surface area contributed by atoms with Gasteiger partial charge in [0.2, 0.25) is 0 Å². The smallest absolute Gasteiger partial charge is 0.270 e. The van der Waals surface area contributed by atoms with Gasteiger partial charge in [-0.3, -0.25) is 4.79 Å². The zero-order valence-corrected chi connectivity index (χ0v) is 15.0. The molecule has 5 heteroatoms. The van der Waals surface area contributed by atoms with E-state index in [1.807, 2.05) is 13.8 Å². The highest BCUT2D eigenvalue weighted by Crippen LogP contribution is 2.24. The van der Waals surface area contributed by atoms with Crippen LogP contribution in [0, 0.1) is 5.92 Å². The minimum Gasteiger partial charge on any atom is -0.356 e. The molecule has 5 nitrogen and oxygen atoms in total. The van der Waals surface area contributed by atoms with Crippen LogP contribution in [0.5, 0.6) is 0 Å². The Labute approximate surface area is 149 Å². The lowest BCUT2D eigenvalue weighted by atomic mass is 9.90. The van der Waals surface area contributed by atoms with E-state index in [9.17, 15) is 4.79 Å². The van der Waals surface area contributed by atoms with Crippen LogP contribution in [0.3, 0.4) is 0 Å². The number of nitrogens with zero attached hydrogens (tertiary/aromatic N) is 3. The summed E-state index contributed by atoms with van der Waals surface area (Å²) >= 11 is 0. The van der Waals surface area contributed by atoms with Gasteiger partial charge in [-0.2, -0.15) is 0 Å². The van der Waals surface area contributed by atoms with Crippen LogP contribution in [0.4, 0.5) is 5.82 Å². The molecule has 25 heavy (non-hydrogen) atoms. The number of hydrogen-bond acceptors (Lipinski definition) is 4. The summed E-state index contributed by atoms with van der Waals surface area (Å²) in [6.45, 7) is 5.83. The second-order valence-electron chi connectivity index (χ2n) is 7.01. The summed E-state index contributed by atoms with van der Waals surface area (Å²) in [5, 5.41) is 2.88. The Kier molecular flexibility index (Phi) is 5.64. The van der Waals surface area contributed by atoms with Crippen LogP contribution in [0.2, 0.25) is 0 Å². The Morgan fingerprint density at radius 3 is 2.60 bits per heavy atom. The molecule has 1 N–H and O–H groups in total. The highest BCUT2D eigenvalue weighted by atomic mass is 16.1. The first-order valence-electron chi connectivity index (χ1n) is 9.03. The molecule has 1 amide bonds. The number of carbonyl (C=O) groups is 1. The number of benzene rings is 1. The molecule has 0 radical (unpaired) electrons. The summed E-state index contributed by atoms with van der Waals surface area (Å²) in [7, 11) is 0. The van der Waals surface area contributed by atoms with Crippen molar-refractivity contribution in [3.63, 3.8) is 0 Å². The van der Waals surface area contributed by atoms with Gasteiger partial charge in [-0.15, -0.1) is 0 Å². The lowest BCUT2D eigenvalue weighted by Crippen LogP contribution is -2.35. The van der Waals surface area contributed by atoms with E-state index in [1.54, 1.807) is 6.07 Å². The Balaban J connectivity index is 1.58. The highest BCUT2D eigenvalue weighted by molar-refractivity contribution is 5.93. The zero-order chi connectivity index (χ0) is 17.6. The second kappa shape index (κ2) is 8.10. The lowest BCUT2D eigenvalue weighted by Gasteiger charge is -2.33. The van der Waals surface area contributed by atoms with E-state index in [4.69, 9.17) is 0 Å². The number of hydrogen-bond donors (Lipinski definition) is 1. The van der Waals surface area contributed by atoms with E-state index in [0.29, 0.717) is 11.6 Å². The normalized spacial score (nSPS) is 15.4. The molecule has 1 aliphatic heterocycles. The Hall–Kier alpha value is -2.43. The average Bonchev–Trinajstić information content (AvgIpc) is 2.63. The van der Waals surface area contributed by atoms with Crippen molar-refractivity contribution in [2.45, 2.75) is 39.2 Å². The van der Waals surface area contributed by atoms with Crippen LogP contribution >= 0.6 is 0 Å². The maximum atomic E-state index is 12.1. The van der Waals surface area contributed by atoms with Crippen molar-refractivity contribution in [3.05, 3.63) is 54.0 Å². The number of carbonyl (C=O) groups excluding carboxylic acids is 1. The van der Waals surface area contributed by atoms with Gasteiger partial charge in [0, 0.05) is 25.2 Å². The summed E-state index contributed by atoms with van der Waals surface area (Å²) in [6, 6.07) is 12.6. The van der Waals surface area contributed by atoms with Gasteiger partial charge in [0.1, 0.15) is 17.8 Å². The van der Waals surface area contributed by atoms with Crippen molar-refractivity contribution >= 4 is 11.7 Å². The molecular formula is C20H26N4O. The van der Waals surface area contributed by atoms with Crippen molar-refractivity contribution < 1.29 is 4.79 Å². The second-order valence-corrected chi connectivity index (χ2v) is 7.01. The predicted molar refractivity (Wildman–Crippen MR) is 99.7 cm³/mol. The van der Waals surface area contributed by atoms with Crippen LogP contribution in [-0.4, -0.2) is 35.0 Å². The van der Waals surface area contributed by atoms with Crippen molar-refractivity contribution in [1.82, 2.24) is 15.3 Å². The summed E-state index contributed by atoms with van der Waals surface area (Å²) in [4.78, 5) is 22.9. The molecule has 0 saturated carbocycles. The maximum absolute atomic E-state index is 12.1. The van der Waals surface area contributed by atoms with Gasteiger partial charge in [0.15, 0.2) is 0 Å². The fourth-order valence-electron chi connectivity index (χ4n) is 3.29. The molecule has 1 aromatic heterocycles. The van der Waals surface area contributed by atoms with Gasteiger partial charge in [-0.1, -0.05) is 30.3 Å². The molecule has 0 spiro atoms. The van der Waals surface area contributed by atoms with Crippen LogP contribution < -0.4 is 10.2 Å². The minimum atomic E-state index is -0.141. The molecule has 132 valence electrons. The first kappa shape index (κ1) is 17.4. The van der Waals surface area contributed by atoms with E-state index in [-0.39, 0.29) is 11.9 Å². The maximum Gasteiger partial charge on any atom is 0.270 e. The van der Waals surface area contributed by atoms with E-state index in [1.165, 1.54) is 11.9 Å². The number of amides is 1. The largest absolute Gasteiger partial charge is 0.356 e. The van der Waals surface area contributed by atoms with Crippen LogP contribution in [-0.2, 0) is 6.42 Å². The lowest BCUT2D eigenvalue weighted by molar-refractivity contribution is 0.0938. The molecule has 0 bridgehead atoms. The third-order valence-corrected chi connectivity index (χ3v) is 4.61. The SMILES string of the molecule is CC(C)NC(=O)c1cc(N2CCC(Cc3ccccc3)CC2)ncn1. The molecule has 0 atom stereocenters. The summed E-state index contributed by atoms with van der Waals surface area (Å²) < 4.78 is 0. The Morgan fingerprint density at radius 1 is 1.20 bits per heavy atom. The number of piperidine rings is 1. The molecular weight excluding hydrogens is 312 g/mol. The van der Waals surface area contributed by atoms with Crippen LogP contribution in [0.25, 0.3) is 0 Å². The molecule has 0 unspecified atom stereocenters. The van der Waals surface area contributed by atoms with E-state index < -0.39 is 0 Å². The van der Waals surface area contributed by atoms with Gasteiger partial charge in [0.05, 0.1) is 0 Å². The minimum absolute atomic E-state index is 0.0969. The third kappa shape index (κ3) is 4.78. The number of aromatic nitrogens is 2. The monoisotopic (exact) mass is 338 g/mol.